The van der Waals surface area contributed by atoms with Gasteiger partial charge in [0.2, 0.25) is 12.7 Å². The third-order valence-electron chi connectivity index (χ3n) is 6.06. The number of carbonyl (C=O) groups excluding carboxylic acids is 1. The minimum atomic E-state index is -0.264. The van der Waals surface area contributed by atoms with Gasteiger partial charge in [-0.25, -0.2) is 4.68 Å². The van der Waals surface area contributed by atoms with Crippen molar-refractivity contribution in [3.63, 3.8) is 0 Å². The zero-order valence-electron chi connectivity index (χ0n) is 19.4. The fourth-order valence-electron chi connectivity index (χ4n) is 4.29. The summed E-state index contributed by atoms with van der Waals surface area (Å²) >= 11 is 0. The molecule has 0 fully saturated rings. The Balaban J connectivity index is 1.48. The third-order valence-corrected chi connectivity index (χ3v) is 6.06. The van der Waals surface area contributed by atoms with Crippen LogP contribution in [-0.2, 0) is 24.3 Å². The highest BCUT2D eigenvalue weighted by molar-refractivity contribution is 5.86. The zero-order valence-corrected chi connectivity index (χ0v) is 19.4. The summed E-state index contributed by atoms with van der Waals surface area (Å²) in [5.41, 5.74) is 5.00. The number of nitrogens with zero attached hydrogens (tertiary/aromatic N) is 3. The van der Waals surface area contributed by atoms with E-state index in [1.807, 2.05) is 63.2 Å². The van der Waals surface area contributed by atoms with E-state index in [1.165, 1.54) is 4.57 Å². The number of ether oxygens (including phenoxy) is 2. The Hall–Kier alpha value is -4.07. The van der Waals surface area contributed by atoms with Gasteiger partial charge in [-0.1, -0.05) is 30.7 Å². The monoisotopic (exact) mass is 458 g/mol. The first-order chi connectivity index (χ1) is 16.4. The van der Waals surface area contributed by atoms with Crippen LogP contribution in [0.15, 0.2) is 53.3 Å². The molecule has 5 rings (SSSR count). The zero-order chi connectivity index (χ0) is 23.8. The molecule has 0 unspecified atom stereocenters. The molecule has 0 atom stereocenters. The Morgan fingerprint density at radius 2 is 1.82 bits per heavy atom. The van der Waals surface area contributed by atoms with E-state index in [1.54, 1.807) is 10.7 Å². The van der Waals surface area contributed by atoms with Gasteiger partial charge in [0.15, 0.2) is 11.5 Å². The first-order valence-electron chi connectivity index (χ1n) is 11.3. The number of aromatic nitrogens is 3. The molecule has 1 amide bonds. The number of hydrogen-bond acceptors (Lipinski definition) is 5. The van der Waals surface area contributed by atoms with Crippen LogP contribution in [0.5, 0.6) is 11.5 Å². The Labute approximate surface area is 196 Å². The van der Waals surface area contributed by atoms with E-state index >= 15 is 0 Å². The molecular weight excluding hydrogens is 432 g/mol. The minimum Gasteiger partial charge on any atom is -0.454 e. The van der Waals surface area contributed by atoms with E-state index < -0.39 is 0 Å². The second-order valence-corrected chi connectivity index (χ2v) is 8.44. The van der Waals surface area contributed by atoms with E-state index in [0.717, 1.165) is 33.5 Å². The maximum Gasteiger partial charge on any atom is 0.252 e. The lowest BCUT2D eigenvalue weighted by molar-refractivity contribution is -0.121. The van der Waals surface area contributed by atoms with Crippen LogP contribution in [-0.4, -0.2) is 27.0 Å². The highest BCUT2D eigenvalue weighted by Crippen LogP contribution is 2.32. The summed E-state index contributed by atoms with van der Waals surface area (Å²) in [4.78, 5) is 26.0. The summed E-state index contributed by atoms with van der Waals surface area (Å²) in [7, 11) is 0. The van der Waals surface area contributed by atoms with Crippen LogP contribution >= 0.6 is 0 Å². The van der Waals surface area contributed by atoms with Crippen molar-refractivity contribution in [3.8, 4) is 17.2 Å². The Bertz CT molecular complexity index is 1450. The molecule has 0 radical (unpaired) electrons. The number of carbonyl (C=O) groups is 1. The van der Waals surface area contributed by atoms with Crippen LogP contribution in [0.4, 0.5) is 0 Å². The van der Waals surface area contributed by atoms with Crippen LogP contribution in [0.3, 0.4) is 0 Å². The van der Waals surface area contributed by atoms with E-state index in [2.05, 4.69) is 5.32 Å². The van der Waals surface area contributed by atoms with Crippen LogP contribution in [0, 0.1) is 13.8 Å². The predicted octanol–water partition coefficient (Wildman–Crippen LogP) is 3.41. The van der Waals surface area contributed by atoms with Crippen LogP contribution in [0.25, 0.3) is 16.7 Å². The van der Waals surface area contributed by atoms with Crippen molar-refractivity contribution in [1.82, 2.24) is 19.7 Å². The predicted molar refractivity (Wildman–Crippen MR) is 129 cm³/mol. The summed E-state index contributed by atoms with van der Waals surface area (Å²) in [6.45, 7) is 6.37. The van der Waals surface area contributed by atoms with Crippen molar-refractivity contribution in [2.75, 3.05) is 6.79 Å². The van der Waals surface area contributed by atoms with Crippen LogP contribution in [0.1, 0.15) is 29.3 Å². The first kappa shape index (κ1) is 21.8. The summed E-state index contributed by atoms with van der Waals surface area (Å²) in [5, 5.41) is 8.55. The average molecular weight is 459 g/mol. The van der Waals surface area contributed by atoms with Gasteiger partial charge in [0.05, 0.1) is 11.4 Å². The summed E-state index contributed by atoms with van der Waals surface area (Å²) in [5.74, 6) is 1.09. The normalized spacial score (nSPS) is 12.3. The van der Waals surface area contributed by atoms with Gasteiger partial charge in [0.25, 0.3) is 5.56 Å². The number of pyridine rings is 1. The molecule has 0 aliphatic carbocycles. The van der Waals surface area contributed by atoms with E-state index in [4.69, 9.17) is 14.6 Å². The molecule has 1 aliphatic rings. The molecule has 3 heterocycles. The van der Waals surface area contributed by atoms with Gasteiger partial charge in [0.1, 0.15) is 12.2 Å². The van der Waals surface area contributed by atoms with E-state index in [9.17, 15) is 9.59 Å². The van der Waals surface area contributed by atoms with Gasteiger partial charge in [-0.15, -0.1) is 0 Å². The fraction of sp³-hybridized carbons (Fsp3) is 0.269. The van der Waals surface area contributed by atoms with Crippen LogP contribution in [0.2, 0.25) is 0 Å². The van der Waals surface area contributed by atoms with Crippen molar-refractivity contribution in [1.29, 1.82) is 0 Å². The lowest BCUT2D eigenvalue weighted by atomic mass is 10.1. The van der Waals surface area contributed by atoms with Crippen molar-refractivity contribution in [2.24, 2.45) is 0 Å². The Morgan fingerprint density at radius 1 is 1.06 bits per heavy atom. The molecular formula is C26H26N4O4. The molecule has 0 bridgehead atoms. The fourth-order valence-corrected chi connectivity index (χ4v) is 4.29. The van der Waals surface area contributed by atoms with Gasteiger partial charge in [-0.2, -0.15) is 5.10 Å². The topological polar surface area (TPSA) is 87.4 Å². The molecule has 34 heavy (non-hydrogen) atoms. The number of amides is 1. The second-order valence-electron chi connectivity index (χ2n) is 8.44. The average Bonchev–Trinajstić information content (AvgIpc) is 3.44. The van der Waals surface area contributed by atoms with E-state index in [0.29, 0.717) is 30.1 Å². The number of benzene rings is 2. The van der Waals surface area contributed by atoms with Gasteiger partial charge < -0.3 is 14.8 Å². The molecule has 174 valence electrons. The second kappa shape index (κ2) is 8.70. The number of hydrogen-bond donors (Lipinski definition) is 1. The van der Waals surface area contributed by atoms with Crippen molar-refractivity contribution in [3.05, 3.63) is 81.3 Å². The van der Waals surface area contributed by atoms with Gasteiger partial charge in [-0.05, 0) is 55.7 Å². The van der Waals surface area contributed by atoms with Crippen molar-refractivity contribution < 1.29 is 14.3 Å². The quantitative estimate of drug-likeness (QED) is 0.479. The molecule has 0 saturated carbocycles. The van der Waals surface area contributed by atoms with Crippen LogP contribution < -0.4 is 20.3 Å². The van der Waals surface area contributed by atoms with Gasteiger partial charge >= 0.3 is 0 Å². The molecule has 2 aromatic heterocycles. The lowest BCUT2D eigenvalue weighted by Gasteiger charge is -2.13. The number of fused-ring (bicyclic) bond motifs is 2. The number of nitrogens with one attached hydrogen (secondary N) is 1. The smallest absolute Gasteiger partial charge is 0.252 e. The summed E-state index contributed by atoms with van der Waals surface area (Å²) < 4.78 is 14.0. The van der Waals surface area contributed by atoms with Gasteiger partial charge in [-0.3, -0.25) is 14.2 Å². The maximum atomic E-state index is 13.1. The summed E-state index contributed by atoms with van der Waals surface area (Å²) in [6, 6.07) is 15.1. The molecule has 8 heteroatoms. The van der Waals surface area contributed by atoms with Crippen molar-refractivity contribution in [2.45, 2.75) is 40.3 Å². The largest absolute Gasteiger partial charge is 0.454 e. The highest BCUT2D eigenvalue weighted by atomic mass is 16.7. The first-order valence-corrected chi connectivity index (χ1v) is 11.3. The SMILES string of the molecule is CCc1cc(=O)n(CC(=O)NCc2ccc3c(c2)OCO3)c2c1c(C)nn2-c1ccc(C)cc1. The number of aryl methyl sites for hydroxylation is 3. The maximum absolute atomic E-state index is 13.1. The molecule has 4 aromatic rings. The molecule has 1 N–H and O–H groups in total. The van der Waals surface area contributed by atoms with Crippen molar-refractivity contribution >= 4 is 16.9 Å². The lowest BCUT2D eigenvalue weighted by Crippen LogP contribution is -2.33. The molecule has 1 aliphatic heterocycles. The minimum absolute atomic E-state index is 0.110. The highest BCUT2D eigenvalue weighted by Gasteiger charge is 2.20. The molecule has 8 nitrogen and oxygen atoms in total. The van der Waals surface area contributed by atoms with E-state index in [-0.39, 0.29) is 24.8 Å². The summed E-state index contributed by atoms with van der Waals surface area (Å²) in [6.07, 6.45) is 0.698. The third kappa shape index (κ3) is 3.91. The Kier molecular flexibility index (Phi) is 5.57. The van der Waals surface area contributed by atoms with Gasteiger partial charge in [0, 0.05) is 18.0 Å². The molecule has 2 aromatic carbocycles. The molecule has 0 saturated heterocycles. The number of rotatable bonds is 6. The molecule has 0 spiro atoms. The Morgan fingerprint density at radius 3 is 2.59 bits per heavy atom. The standard InChI is InChI=1S/C26H26N4O4/c1-4-19-12-24(32)29(14-23(31)27-13-18-7-10-21-22(11-18)34-15-33-21)26-25(19)17(3)28-30(26)20-8-5-16(2)6-9-20/h5-12H,4,13-15H2,1-3H3,(H,27,31).